The summed E-state index contributed by atoms with van der Waals surface area (Å²) in [7, 11) is -1.45. The third-order valence-corrected chi connectivity index (χ3v) is 5.03. The van der Waals surface area contributed by atoms with E-state index in [-0.39, 0.29) is 11.9 Å². The van der Waals surface area contributed by atoms with Crippen molar-refractivity contribution in [2.45, 2.75) is 24.8 Å². The molecule has 0 aliphatic heterocycles. The molecule has 128 valence electrons. The van der Waals surface area contributed by atoms with E-state index in [0.29, 0.717) is 4.90 Å². The maximum Gasteiger partial charge on any atom is 0.223 e. The minimum atomic E-state index is -3.19. The monoisotopic (exact) mass is 346 g/mol. The third kappa shape index (κ3) is 4.35. The van der Waals surface area contributed by atoms with E-state index in [0.717, 1.165) is 16.9 Å². The van der Waals surface area contributed by atoms with Gasteiger partial charge < -0.3 is 10.2 Å². The molecule has 6 heteroatoms. The van der Waals surface area contributed by atoms with Gasteiger partial charge in [0, 0.05) is 37.6 Å². The zero-order valence-corrected chi connectivity index (χ0v) is 15.1. The van der Waals surface area contributed by atoms with E-state index in [9.17, 15) is 13.2 Å². The fraction of sp³-hybridized carbons (Fsp3) is 0.278. The van der Waals surface area contributed by atoms with Crippen LogP contribution in [0.5, 0.6) is 0 Å². The summed E-state index contributed by atoms with van der Waals surface area (Å²) < 4.78 is 23.0. The summed E-state index contributed by atoms with van der Waals surface area (Å²) in [5, 5.41) is 3.36. The summed E-state index contributed by atoms with van der Waals surface area (Å²) in [5.74, 6) is -0.0310. The van der Waals surface area contributed by atoms with Crippen LogP contribution in [0.2, 0.25) is 0 Å². The largest absolute Gasteiger partial charge is 0.378 e. The third-order valence-electron chi connectivity index (χ3n) is 3.90. The standard InChI is InChI=1S/C18H22N2O3S/c1-13(15-8-10-18(11-9-15)24(4,22)23)19-16-6-5-7-17(12-16)20(3)14(2)21/h5-13,19H,1-4H3. The molecule has 1 amide bonds. The Labute approximate surface area is 143 Å². The number of anilines is 2. The van der Waals surface area contributed by atoms with Crippen LogP contribution in [0.25, 0.3) is 0 Å². The Morgan fingerprint density at radius 3 is 2.29 bits per heavy atom. The van der Waals surface area contributed by atoms with Crippen LogP contribution in [-0.2, 0) is 14.6 Å². The molecule has 0 radical (unpaired) electrons. The van der Waals surface area contributed by atoms with E-state index in [1.54, 1.807) is 36.2 Å². The summed E-state index contributed by atoms with van der Waals surface area (Å²) in [5.41, 5.74) is 2.68. The highest BCUT2D eigenvalue weighted by atomic mass is 32.2. The number of nitrogens with one attached hydrogen (secondary N) is 1. The molecule has 2 rings (SSSR count). The van der Waals surface area contributed by atoms with Crippen molar-refractivity contribution in [1.82, 2.24) is 0 Å². The van der Waals surface area contributed by atoms with E-state index in [1.165, 1.54) is 13.2 Å². The smallest absolute Gasteiger partial charge is 0.223 e. The molecular weight excluding hydrogens is 324 g/mol. The number of rotatable bonds is 5. The first-order chi connectivity index (χ1) is 11.2. The van der Waals surface area contributed by atoms with E-state index >= 15 is 0 Å². The quantitative estimate of drug-likeness (QED) is 0.902. The molecule has 0 aliphatic rings. The molecule has 5 nitrogen and oxygen atoms in total. The van der Waals surface area contributed by atoms with Gasteiger partial charge in [-0.25, -0.2) is 8.42 Å². The van der Waals surface area contributed by atoms with Gasteiger partial charge in [0.15, 0.2) is 9.84 Å². The molecule has 0 aromatic heterocycles. The normalized spacial score (nSPS) is 12.5. The predicted octanol–water partition coefficient (Wildman–Crippen LogP) is 3.25. The summed E-state index contributed by atoms with van der Waals surface area (Å²) in [6.07, 6.45) is 1.20. The predicted molar refractivity (Wildman–Crippen MR) is 97.1 cm³/mol. The number of nitrogens with zero attached hydrogens (tertiary/aromatic N) is 1. The van der Waals surface area contributed by atoms with Crippen molar-refractivity contribution in [3.8, 4) is 0 Å². The molecule has 2 aromatic rings. The molecular formula is C18H22N2O3S. The van der Waals surface area contributed by atoms with E-state index in [2.05, 4.69) is 5.32 Å². The van der Waals surface area contributed by atoms with E-state index in [4.69, 9.17) is 0 Å². The number of sulfone groups is 1. The lowest BCUT2D eigenvalue weighted by atomic mass is 10.1. The van der Waals surface area contributed by atoms with Gasteiger partial charge in [-0.2, -0.15) is 0 Å². The number of hydrogen-bond acceptors (Lipinski definition) is 4. The minimum Gasteiger partial charge on any atom is -0.378 e. The lowest BCUT2D eigenvalue weighted by Gasteiger charge is -2.19. The van der Waals surface area contributed by atoms with Crippen molar-refractivity contribution in [3.63, 3.8) is 0 Å². The first-order valence-electron chi connectivity index (χ1n) is 7.59. The van der Waals surface area contributed by atoms with Crippen LogP contribution in [0.1, 0.15) is 25.5 Å². The first kappa shape index (κ1) is 18.0. The second kappa shape index (κ2) is 7.05. The SMILES string of the molecule is CC(=O)N(C)c1cccc(NC(C)c2ccc(S(C)(=O)=O)cc2)c1. The maximum atomic E-state index is 11.5. The minimum absolute atomic E-state index is 0.00325. The zero-order chi connectivity index (χ0) is 17.9. The number of benzene rings is 2. The molecule has 1 unspecified atom stereocenters. The zero-order valence-electron chi connectivity index (χ0n) is 14.3. The van der Waals surface area contributed by atoms with Crippen LogP contribution < -0.4 is 10.2 Å². The van der Waals surface area contributed by atoms with Crippen molar-refractivity contribution in [1.29, 1.82) is 0 Å². The van der Waals surface area contributed by atoms with Gasteiger partial charge in [-0.15, -0.1) is 0 Å². The molecule has 0 heterocycles. The van der Waals surface area contributed by atoms with Gasteiger partial charge in [0.05, 0.1) is 4.90 Å². The Morgan fingerprint density at radius 2 is 1.75 bits per heavy atom. The van der Waals surface area contributed by atoms with Gasteiger partial charge >= 0.3 is 0 Å². The Hall–Kier alpha value is -2.34. The molecule has 1 N–H and O–H groups in total. The lowest BCUT2D eigenvalue weighted by Crippen LogP contribution is -2.22. The van der Waals surface area contributed by atoms with Gasteiger partial charge in [0.2, 0.25) is 5.91 Å². The van der Waals surface area contributed by atoms with E-state index < -0.39 is 9.84 Å². The van der Waals surface area contributed by atoms with Crippen LogP contribution in [-0.4, -0.2) is 27.6 Å². The maximum absolute atomic E-state index is 11.5. The number of hydrogen-bond donors (Lipinski definition) is 1. The Morgan fingerprint density at radius 1 is 1.12 bits per heavy atom. The highest BCUT2D eigenvalue weighted by Crippen LogP contribution is 2.24. The van der Waals surface area contributed by atoms with Crippen LogP contribution in [0.15, 0.2) is 53.4 Å². The molecule has 0 fully saturated rings. The van der Waals surface area contributed by atoms with Crippen LogP contribution in [0.4, 0.5) is 11.4 Å². The van der Waals surface area contributed by atoms with Crippen LogP contribution in [0, 0.1) is 0 Å². The van der Waals surface area contributed by atoms with Crippen LogP contribution >= 0.6 is 0 Å². The first-order valence-corrected chi connectivity index (χ1v) is 9.48. The second-order valence-corrected chi connectivity index (χ2v) is 7.85. The molecule has 0 bridgehead atoms. The van der Waals surface area contributed by atoms with Gasteiger partial charge in [0.25, 0.3) is 0 Å². The molecule has 0 saturated carbocycles. The van der Waals surface area contributed by atoms with E-state index in [1.807, 2.05) is 31.2 Å². The Kier molecular flexibility index (Phi) is 5.29. The van der Waals surface area contributed by atoms with Crippen molar-refractivity contribution >= 4 is 27.1 Å². The van der Waals surface area contributed by atoms with Gasteiger partial charge in [0.1, 0.15) is 0 Å². The van der Waals surface area contributed by atoms with Gasteiger partial charge in [-0.1, -0.05) is 18.2 Å². The highest BCUT2D eigenvalue weighted by Gasteiger charge is 2.11. The van der Waals surface area contributed by atoms with Crippen molar-refractivity contribution in [2.75, 3.05) is 23.5 Å². The average Bonchev–Trinajstić information content (AvgIpc) is 2.53. The summed E-state index contributed by atoms with van der Waals surface area (Å²) in [4.78, 5) is 13.4. The Balaban J connectivity index is 2.16. The summed E-state index contributed by atoms with van der Waals surface area (Å²) >= 11 is 0. The van der Waals surface area contributed by atoms with Crippen molar-refractivity contribution in [2.24, 2.45) is 0 Å². The highest BCUT2D eigenvalue weighted by molar-refractivity contribution is 7.90. The number of carbonyl (C=O) groups is 1. The summed E-state index contributed by atoms with van der Waals surface area (Å²) in [6, 6.07) is 14.4. The second-order valence-electron chi connectivity index (χ2n) is 5.84. The van der Waals surface area contributed by atoms with Crippen LogP contribution in [0.3, 0.4) is 0 Å². The fourth-order valence-corrected chi connectivity index (χ4v) is 2.95. The lowest BCUT2D eigenvalue weighted by molar-refractivity contribution is -0.116. The molecule has 0 spiro atoms. The number of carbonyl (C=O) groups excluding carboxylic acids is 1. The molecule has 0 saturated heterocycles. The molecule has 2 aromatic carbocycles. The molecule has 1 atom stereocenters. The Bertz CT molecular complexity index is 830. The molecule has 24 heavy (non-hydrogen) atoms. The van der Waals surface area contributed by atoms with Gasteiger partial charge in [-0.05, 0) is 42.8 Å². The summed E-state index contributed by atoms with van der Waals surface area (Å²) in [6.45, 7) is 3.52. The topological polar surface area (TPSA) is 66.5 Å². The average molecular weight is 346 g/mol. The number of amides is 1. The molecule has 0 aliphatic carbocycles. The van der Waals surface area contributed by atoms with Gasteiger partial charge in [-0.3, -0.25) is 4.79 Å². The van der Waals surface area contributed by atoms with Crippen molar-refractivity contribution in [3.05, 3.63) is 54.1 Å². The van der Waals surface area contributed by atoms with Crippen molar-refractivity contribution < 1.29 is 13.2 Å². The fourth-order valence-electron chi connectivity index (χ4n) is 2.32.